The first-order chi connectivity index (χ1) is 10.8. The second-order valence-electron chi connectivity index (χ2n) is 9.51. The summed E-state index contributed by atoms with van der Waals surface area (Å²) in [5, 5.41) is 31.0. The Labute approximate surface area is 139 Å². The molecule has 23 heavy (non-hydrogen) atoms. The highest BCUT2D eigenvalue weighted by atomic mass is 16.3. The predicted octanol–water partition coefficient (Wildman–Crippen LogP) is 2.89. The normalized spacial score (nSPS) is 58.9. The van der Waals surface area contributed by atoms with Crippen LogP contribution in [0.3, 0.4) is 0 Å². The van der Waals surface area contributed by atoms with Gasteiger partial charge in [-0.3, -0.25) is 0 Å². The van der Waals surface area contributed by atoms with Crippen molar-refractivity contribution in [3.8, 4) is 0 Å². The Morgan fingerprint density at radius 1 is 1.17 bits per heavy atom. The molecule has 0 aromatic heterocycles. The molecule has 4 aliphatic carbocycles. The van der Waals surface area contributed by atoms with E-state index in [-0.39, 0.29) is 16.9 Å². The topological polar surface area (TPSA) is 60.7 Å². The van der Waals surface area contributed by atoms with Crippen molar-refractivity contribution < 1.29 is 15.3 Å². The Hall–Kier alpha value is -0.380. The highest BCUT2D eigenvalue weighted by molar-refractivity contribution is 5.26. The molecule has 0 bridgehead atoms. The van der Waals surface area contributed by atoms with Gasteiger partial charge in [0.05, 0.1) is 18.3 Å². The van der Waals surface area contributed by atoms with E-state index in [9.17, 15) is 15.3 Å². The predicted molar refractivity (Wildman–Crippen MR) is 89.7 cm³/mol. The third-order valence-corrected chi connectivity index (χ3v) is 8.29. The SMILES string of the molecule is CC1C[C@@]2(C)C(C[C@@H](O)[C@@H]2O)C2CC=C3C[C@@H](O)CC[C@]3(C)C12. The van der Waals surface area contributed by atoms with E-state index >= 15 is 0 Å². The fourth-order valence-electron chi connectivity index (χ4n) is 7.35. The van der Waals surface area contributed by atoms with Crippen molar-refractivity contribution in [1.82, 2.24) is 0 Å². The van der Waals surface area contributed by atoms with Crippen LogP contribution in [0.25, 0.3) is 0 Å². The zero-order valence-corrected chi connectivity index (χ0v) is 14.7. The molecule has 0 aromatic carbocycles. The average molecular weight is 320 g/mol. The minimum atomic E-state index is -0.567. The first-order valence-corrected chi connectivity index (χ1v) is 9.51. The standard InChI is InChI=1S/C20H32O3/c1-11-10-20(3)15(9-16(22)18(20)23)14-5-4-12-8-13(21)6-7-19(12,2)17(11)14/h4,11,13-18,21-23H,5-10H2,1-3H3/t11?,13-,14?,15?,16+,17?,18-,19-,20-/m0/s1. The molecule has 3 fully saturated rings. The summed E-state index contributed by atoms with van der Waals surface area (Å²) in [6.45, 7) is 6.98. The maximum Gasteiger partial charge on any atom is 0.0855 e. The summed E-state index contributed by atoms with van der Waals surface area (Å²) in [7, 11) is 0. The van der Waals surface area contributed by atoms with Crippen LogP contribution in [0.1, 0.15) is 59.3 Å². The molecule has 4 unspecified atom stereocenters. The van der Waals surface area contributed by atoms with Crippen LogP contribution in [0, 0.1) is 34.5 Å². The molecule has 0 heterocycles. The van der Waals surface area contributed by atoms with Gasteiger partial charge in [0.1, 0.15) is 0 Å². The summed E-state index contributed by atoms with van der Waals surface area (Å²) in [4.78, 5) is 0. The van der Waals surface area contributed by atoms with Gasteiger partial charge in [-0.05, 0) is 73.0 Å². The molecule has 0 radical (unpaired) electrons. The van der Waals surface area contributed by atoms with Crippen molar-refractivity contribution in [2.45, 2.75) is 77.6 Å². The summed E-state index contributed by atoms with van der Waals surface area (Å²) in [5.74, 6) is 2.19. The molecular formula is C20H32O3. The molecule has 130 valence electrons. The van der Waals surface area contributed by atoms with Gasteiger partial charge in [-0.2, -0.15) is 0 Å². The van der Waals surface area contributed by atoms with Crippen LogP contribution < -0.4 is 0 Å². The number of rotatable bonds is 0. The summed E-state index contributed by atoms with van der Waals surface area (Å²) >= 11 is 0. The van der Waals surface area contributed by atoms with E-state index in [1.54, 1.807) is 0 Å². The number of fused-ring (bicyclic) bond motifs is 5. The Kier molecular flexibility index (Phi) is 3.54. The summed E-state index contributed by atoms with van der Waals surface area (Å²) in [6, 6.07) is 0. The minimum absolute atomic E-state index is 0.129. The zero-order chi connectivity index (χ0) is 16.6. The van der Waals surface area contributed by atoms with Crippen LogP contribution in [0.2, 0.25) is 0 Å². The maximum absolute atomic E-state index is 10.6. The second kappa shape index (κ2) is 5.06. The van der Waals surface area contributed by atoms with E-state index in [1.165, 1.54) is 5.57 Å². The lowest BCUT2D eigenvalue weighted by Crippen LogP contribution is -2.54. The highest BCUT2D eigenvalue weighted by Gasteiger charge is 2.62. The molecular weight excluding hydrogens is 288 g/mol. The average Bonchev–Trinajstić information content (AvgIpc) is 2.71. The van der Waals surface area contributed by atoms with Gasteiger partial charge < -0.3 is 15.3 Å². The van der Waals surface area contributed by atoms with E-state index in [2.05, 4.69) is 26.8 Å². The molecule has 0 spiro atoms. The van der Waals surface area contributed by atoms with E-state index < -0.39 is 12.2 Å². The third-order valence-electron chi connectivity index (χ3n) is 8.29. The second-order valence-corrected chi connectivity index (χ2v) is 9.51. The molecule has 4 aliphatic rings. The molecule has 4 rings (SSSR count). The summed E-state index contributed by atoms with van der Waals surface area (Å²) in [6.07, 6.45) is 6.80. The third kappa shape index (κ3) is 2.06. The van der Waals surface area contributed by atoms with Crippen LogP contribution >= 0.6 is 0 Å². The van der Waals surface area contributed by atoms with Gasteiger partial charge in [-0.1, -0.05) is 32.4 Å². The molecule has 3 saturated carbocycles. The first kappa shape index (κ1) is 16.1. The molecule has 3 N–H and O–H groups in total. The van der Waals surface area contributed by atoms with Crippen LogP contribution in [-0.2, 0) is 0 Å². The largest absolute Gasteiger partial charge is 0.393 e. The fourth-order valence-corrected chi connectivity index (χ4v) is 7.35. The van der Waals surface area contributed by atoms with Crippen molar-refractivity contribution in [3.63, 3.8) is 0 Å². The molecule has 9 atom stereocenters. The number of allylic oxidation sites excluding steroid dienone is 1. The van der Waals surface area contributed by atoms with Gasteiger partial charge in [0.15, 0.2) is 0 Å². The zero-order valence-electron chi connectivity index (χ0n) is 14.7. The van der Waals surface area contributed by atoms with Crippen molar-refractivity contribution in [2.75, 3.05) is 0 Å². The number of hydrogen-bond donors (Lipinski definition) is 3. The monoisotopic (exact) mass is 320 g/mol. The van der Waals surface area contributed by atoms with Gasteiger partial charge in [0.2, 0.25) is 0 Å². The van der Waals surface area contributed by atoms with Crippen LogP contribution in [0.15, 0.2) is 11.6 Å². The van der Waals surface area contributed by atoms with Gasteiger partial charge in [0.25, 0.3) is 0 Å². The van der Waals surface area contributed by atoms with Gasteiger partial charge >= 0.3 is 0 Å². The van der Waals surface area contributed by atoms with Gasteiger partial charge in [-0.15, -0.1) is 0 Å². The molecule has 0 amide bonds. The lowest BCUT2D eigenvalue weighted by Gasteiger charge is -2.60. The van der Waals surface area contributed by atoms with Crippen LogP contribution in [0.4, 0.5) is 0 Å². The summed E-state index contributed by atoms with van der Waals surface area (Å²) in [5.41, 5.74) is 1.56. The first-order valence-electron chi connectivity index (χ1n) is 9.51. The van der Waals surface area contributed by atoms with E-state index in [0.717, 1.165) is 38.5 Å². The number of aliphatic hydroxyl groups is 3. The van der Waals surface area contributed by atoms with Crippen molar-refractivity contribution >= 4 is 0 Å². The van der Waals surface area contributed by atoms with E-state index in [4.69, 9.17) is 0 Å². The molecule has 3 heteroatoms. The molecule has 0 aromatic rings. The fraction of sp³-hybridized carbons (Fsp3) is 0.900. The van der Waals surface area contributed by atoms with Crippen LogP contribution in [-0.4, -0.2) is 33.6 Å². The van der Waals surface area contributed by atoms with Crippen LogP contribution in [0.5, 0.6) is 0 Å². The van der Waals surface area contributed by atoms with Crippen molar-refractivity contribution in [2.24, 2.45) is 34.5 Å². The van der Waals surface area contributed by atoms with Crippen molar-refractivity contribution in [1.29, 1.82) is 0 Å². The van der Waals surface area contributed by atoms with Gasteiger partial charge in [0, 0.05) is 0 Å². The number of aliphatic hydroxyl groups excluding tert-OH is 3. The Morgan fingerprint density at radius 3 is 2.65 bits per heavy atom. The summed E-state index contributed by atoms with van der Waals surface area (Å²) < 4.78 is 0. The Balaban J connectivity index is 1.73. The Morgan fingerprint density at radius 2 is 1.91 bits per heavy atom. The van der Waals surface area contributed by atoms with Crippen molar-refractivity contribution in [3.05, 3.63) is 11.6 Å². The Bertz CT molecular complexity index is 529. The lowest BCUT2D eigenvalue weighted by molar-refractivity contribution is -0.107. The minimum Gasteiger partial charge on any atom is -0.393 e. The quantitative estimate of drug-likeness (QED) is 0.602. The maximum atomic E-state index is 10.6. The molecule has 3 nitrogen and oxygen atoms in total. The highest BCUT2D eigenvalue weighted by Crippen LogP contribution is 2.66. The van der Waals surface area contributed by atoms with Gasteiger partial charge in [-0.25, -0.2) is 0 Å². The number of hydrogen-bond acceptors (Lipinski definition) is 3. The lowest BCUT2D eigenvalue weighted by atomic mass is 9.45. The molecule has 0 saturated heterocycles. The van der Waals surface area contributed by atoms with E-state index in [1.807, 2.05) is 0 Å². The molecule has 0 aliphatic heterocycles. The smallest absolute Gasteiger partial charge is 0.0855 e. The van der Waals surface area contributed by atoms with E-state index in [0.29, 0.717) is 23.7 Å².